The number of ketones is 1. The second-order valence-electron chi connectivity index (χ2n) is 5.16. The second-order valence-corrected chi connectivity index (χ2v) is 5.16. The molecule has 0 aromatic heterocycles. The molecular formula is C16H22FNO3. The van der Waals surface area contributed by atoms with Gasteiger partial charge in [0.25, 0.3) is 5.91 Å². The summed E-state index contributed by atoms with van der Waals surface area (Å²) < 4.78 is 19.1. The molecule has 2 atom stereocenters. The Labute approximate surface area is 124 Å². The fourth-order valence-electron chi connectivity index (χ4n) is 1.92. The van der Waals surface area contributed by atoms with Crippen molar-refractivity contribution in [1.29, 1.82) is 0 Å². The van der Waals surface area contributed by atoms with E-state index < -0.39 is 11.9 Å². The Morgan fingerprint density at radius 2 is 2.00 bits per heavy atom. The number of carbonyl (C=O) groups excluding carboxylic acids is 2. The van der Waals surface area contributed by atoms with Crippen LogP contribution < -0.4 is 10.1 Å². The molecule has 1 amide bonds. The minimum Gasteiger partial charge on any atom is -0.478 e. The Kier molecular flexibility index (Phi) is 6.34. The van der Waals surface area contributed by atoms with Crippen molar-refractivity contribution in [3.8, 4) is 5.75 Å². The average molecular weight is 295 g/mol. The van der Waals surface area contributed by atoms with Gasteiger partial charge in [0.15, 0.2) is 23.5 Å². The summed E-state index contributed by atoms with van der Waals surface area (Å²) in [6.45, 7) is 6.87. The smallest absolute Gasteiger partial charge is 0.260 e. The highest BCUT2D eigenvalue weighted by molar-refractivity contribution is 5.94. The Hall–Kier alpha value is -1.91. The van der Waals surface area contributed by atoms with Gasteiger partial charge >= 0.3 is 0 Å². The molecule has 0 saturated carbocycles. The number of nitrogens with one attached hydrogen (secondary N) is 1. The molecule has 1 N–H and O–H groups in total. The number of rotatable bonds is 7. The lowest BCUT2D eigenvalue weighted by Crippen LogP contribution is -2.41. The van der Waals surface area contributed by atoms with Gasteiger partial charge in [-0.05, 0) is 45.4 Å². The predicted molar refractivity (Wildman–Crippen MR) is 79.0 cm³/mol. The average Bonchev–Trinajstić information content (AvgIpc) is 2.40. The first-order valence-corrected chi connectivity index (χ1v) is 7.12. The minimum atomic E-state index is -0.804. The van der Waals surface area contributed by atoms with E-state index in [0.29, 0.717) is 0 Å². The summed E-state index contributed by atoms with van der Waals surface area (Å²) >= 11 is 0. The van der Waals surface area contributed by atoms with E-state index >= 15 is 0 Å². The van der Waals surface area contributed by atoms with Crippen LogP contribution in [0.5, 0.6) is 5.75 Å². The highest BCUT2D eigenvalue weighted by Crippen LogP contribution is 2.20. The number of benzene rings is 1. The molecule has 0 spiro atoms. The number of amides is 1. The van der Waals surface area contributed by atoms with Crippen LogP contribution in [0, 0.1) is 5.82 Å². The number of Topliss-reactive ketones (excluding diaryl/α,β-unsaturated/α-hetero) is 1. The maximum absolute atomic E-state index is 13.8. The van der Waals surface area contributed by atoms with Gasteiger partial charge in [-0.1, -0.05) is 13.3 Å². The summed E-state index contributed by atoms with van der Waals surface area (Å²) in [5, 5.41) is 2.81. The lowest BCUT2D eigenvalue weighted by molar-refractivity contribution is -0.128. The van der Waals surface area contributed by atoms with Crippen LogP contribution >= 0.6 is 0 Å². The molecule has 21 heavy (non-hydrogen) atoms. The zero-order chi connectivity index (χ0) is 16.0. The van der Waals surface area contributed by atoms with E-state index in [9.17, 15) is 14.0 Å². The van der Waals surface area contributed by atoms with Crippen LogP contribution in [0.4, 0.5) is 4.39 Å². The first kappa shape index (κ1) is 17.1. The van der Waals surface area contributed by atoms with Gasteiger partial charge in [-0.2, -0.15) is 0 Å². The molecule has 2 unspecified atom stereocenters. The van der Waals surface area contributed by atoms with E-state index in [1.54, 1.807) is 6.92 Å². The molecular weight excluding hydrogens is 273 g/mol. The highest BCUT2D eigenvalue weighted by Gasteiger charge is 2.18. The maximum atomic E-state index is 13.8. The van der Waals surface area contributed by atoms with E-state index in [-0.39, 0.29) is 29.0 Å². The Morgan fingerprint density at radius 3 is 2.52 bits per heavy atom. The van der Waals surface area contributed by atoms with Gasteiger partial charge in [-0.25, -0.2) is 4.39 Å². The summed E-state index contributed by atoms with van der Waals surface area (Å²) in [7, 11) is 0. The molecule has 0 bridgehead atoms. The Balaban J connectivity index is 2.68. The zero-order valence-electron chi connectivity index (χ0n) is 12.9. The molecule has 5 heteroatoms. The standard InChI is InChI=1S/C16H22FNO3/c1-5-6-10(2)18-16(20)12(4)21-15-8-7-13(11(3)19)9-14(15)17/h7-10,12H,5-6H2,1-4H3,(H,18,20). The van der Waals surface area contributed by atoms with Crippen LogP contribution in [-0.4, -0.2) is 23.8 Å². The monoisotopic (exact) mass is 295 g/mol. The van der Waals surface area contributed by atoms with Crippen LogP contribution in [0.3, 0.4) is 0 Å². The van der Waals surface area contributed by atoms with Crippen molar-refractivity contribution >= 4 is 11.7 Å². The van der Waals surface area contributed by atoms with Crippen LogP contribution in [-0.2, 0) is 4.79 Å². The van der Waals surface area contributed by atoms with Gasteiger partial charge in [0, 0.05) is 11.6 Å². The van der Waals surface area contributed by atoms with E-state index in [1.165, 1.54) is 19.1 Å². The van der Waals surface area contributed by atoms with Crippen LogP contribution in [0.15, 0.2) is 18.2 Å². The second kappa shape index (κ2) is 7.76. The molecule has 116 valence electrons. The maximum Gasteiger partial charge on any atom is 0.260 e. The van der Waals surface area contributed by atoms with E-state index in [2.05, 4.69) is 5.32 Å². The first-order chi connectivity index (χ1) is 9.85. The molecule has 1 aromatic carbocycles. The zero-order valence-corrected chi connectivity index (χ0v) is 12.9. The van der Waals surface area contributed by atoms with Crippen molar-refractivity contribution in [1.82, 2.24) is 5.32 Å². The fraction of sp³-hybridized carbons (Fsp3) is 0.500. The van der Waals surface area contributed by atoms with Gasteiger partial charge in [0.05, 0.1) is 0 Å². The lowest BCUT2D eigenvalue weighted by atomic mass is 10.1. The van der Waals surface area contributed by atoms with Crippen molar-refractivity contribution in [3.63, 3.8) is 0 Å². The molecule has 0 aliphatic rings. The molecule has 0 aliphatic carbocycles. The summed E-state index contributed by atoms with van der Waals surface area (Å²) in [6.07, 6.45) is 1.04. The molecule has 0 fully saturated rings. The third-order valence-corrected chi connectivity index (χ3v) is 3.12. The van der Waals surface area contributed by atoms with Crippen molar-refractivity contribution < 1.29 is 18.7 Å². The molecule has 0 aliphatic heterocycles. The van der Waals surface area contributed by atoms with Crippen molar-refractivity contribution in [2.75, 3.05) is 0 Å². The largest absolute Gasteiger partial charge is 0.478 e. The minimum absolute atomic E-state index is 0.0363. The summed E-state index contributed by atoms with van der Waals surface area (Å²) in [5.74, 6) is -1.19. The summed E-state index contributed by atoms with van der Waals surface area (Å²) in [5.41, 5.74) is 0.272. The molecule has 0 heterocycles. The number of carbonyl (C=O) groups is 2. The number of hydrogen-bond acceptors (Lipinski definition) is 3. The predicted octanol–water partition coefficient (Wildman–Crippen LogP) is 3.10. The molecule has 0 radical (unpaired) electrons. The third-order valence-electron chi connectivity index (χ3n) is 3.12. The van der Waals surface area contributed by atoms with E-state index in [0.717, 1.165) is 18.9 Å². The molecule has 1 aromatic rings. The van der Waals surface area contributed by atoms with E-state index in [4.69, 9.17) is 4.74 Å². The highest BCUT2D eigenvalue weighted by atomic mass is 19.1. The SMILES string of the molecule is CCCC(C)NC(=O)C(C)Oc1ccc(C(C)=O)cc1F. The number of ether oxygens (including phenoxy) is 1. The number of hydrogen-bond donors (Lipinski definition) is 1. The normalized spacial score (nSPS) is 13.4. The summed E-state index contributed by atoms with van der Waals surface area (Å²) in [4.78, 5) is 23.1. The molecule has 4 nitrogen and oxygen atoms in total. The van der Waals surface area contributed by atoms with Crippen LogP contribution in [0.25, 0.3) is 0 Å². The molecule has 0 saturated heterocycles. The van der Waals surface area contributed by atoms with Gasteiger partial charge < -0.3 is 10.1 Å². The van der Waals surface area contributed by atoms with Gasteiger partial charge in [-0.15, -0.1) is 0 Å². The Bertz CT molecular complexity index is 516. The van der Waals surface area contributed by atoms with E-state index in [1.807, 2.05) is 13.8 Å². The fourth-order valence-corrected chi connectivity index (χ4v) is 1.92. The third kappa shape index (κ3) is 5.17. The topological polar surface area (TPSA) is 55.4 Å². The van der Waals surface area contributed by atoms with Crippen molar-refractivity contribution in [2.24, 2.45) is 0 Å². The van der Waals surface area contributed by atoms with Gasteiger partial charge in [0.2, 0.25) is 0 Å². The number of halogens is 1. The van der Waals surface area contributed by atoms with Gasteiger partial charge in [0.1, 0.15) is 0 Å². The van der Waals surface area contributed by atoms with Crippen molar-refractivity contribution in [2.45, 2.75) is 52.7 Å². The summed E-state index contributed by atoms with van der Waals surface area (Å²) in [6, 6.07) is 4.01. The van der Waals surface area contributed by atoms with Gasteiger partial charge in [-0.3, -0.25) is 9.59 Å². The van der Waals surface area contributed by atoms with Crippen LogP contribution in [0.2, 0.25) is 0 Å². The lowest BCUT2D eigenvalue weighted by Gasteiger charge is -2.18. The first-order valence-electron chi connectivity index (χ1n) is 7.12. The Morgan fingerprint density at radius 1 is 1.33 bits per heavy atom. The quantitative estimate of drug-likeness (QED) is 0.786. The van der Waals surface area contributed by atoms with Crippen molar-refractivity contribution in [3.05, 3.63) is 29.6 Å². The van der Waals surface area contributed by atoms with Crippen LogP contribution in [0.1, 0.15) is 50.9 Å². The molecule has 1 rings (SSSR count).